The van der Waals surface area contributed by atoms with E-state index >= 15 is 0 Å². The van der Waals surface area contributed by atoms with Gasteiger partial charge in [-0.05, 0) is 49.4 Å². The molecule has 2 aliphatic carbocycles. The summed E-state index contributed by atoms with van der Waals surface area (Å²) in [6, 6.07) is 0. The van der Waals surface area contributed by atoms with Crippen molar-refractivity contribution in [3.8, 4) is 0 Å². The van der Waals surface area contributed by atoms with Crippen molar-refractivity contribution in [3.05, 3.63) is 0 Å². The van der Waals surface area contributed by atoms with Gasteiger partial charge in [0.2, 0.25) is 11.8 Å². The molecule has 2 heterocycles. The normalized spacial score (nSPS) is 28.9. The lowest BCUT2D eigenvalue weighted by atomic mass is 9.62. The van der Waals surface area contributed by atoms with Gasteiger partial charge in [-0.1, -0.05) is 6.42 Å². The highest BCUT2D eigenvalue weighted by Crippen LogP contribution is 2.53. The summed E-state index contributed by atoms with van der Waals surface area (Å²) in [5.74, 6) is 1.83. The molecule has 5 nitrogen and oxygen atoms in total. The quantitative estimate of drug-likeness (QED) is 0.773. The Bertz CT molecular complexity index is 493. The first-order chi connectivity index (χ1) is 11.7. The number of likely N-dealkylation sites (tertiary alicyclic amines) is 1. The summed E-state index contributed by atoms with van der Waals surface area (Å²) in [4.78, 5) is 29.0. The molecule has 0 bridgehead atoms. The van der Waals surface area contributed by atoms with Crippen molar-refractivity contribution < 1.29 is 14.3 Å². The first-order valence-corrected chi connectivity index (χ1v) is 9.80. The Balaban J connectivity index is 1.31. The van der Waals surface area contributed by atoms with E-state index in [1.165, 1.54) is 32.1 Å². The molecule has 24 heavy (non-hydrogen) atoms. The molecular formula is C19H30N2O3. The van der Waals surface area contributed by atoms with E-state index < -0.39 is 0 Å². The van der Waals surface area contributed by atoms with Crippen molar-refractivity contribution in [1.29, 1.82) is 0 Å². The van der Waals surface area contributed by atoms with E-state index in [1.54, 1.807) is 0 Å². The number of hydrogen-bond donors (Lipinski definition) is 0. The standard InChI is InChI=1S/C19H30N2O3/c22-17(20-8-10-24-11-9-20)5-4-16-13-21(14-19(16)6-1-7-19)18(23)12-15-2-3-15/h15-16H,1-14H2. The van der Waals surface area contributed by atoms with E-state index in [4.69, 9.17) is 4.74 Å². The van der Waals surface area contributed by atoms with E-state index in [-0.39, 0.29) is 5.91 Å². The molecule has 1 unspecified atom stereocenters. The summed E-state index contributed by atoms with van der Waals surface area (Å²) in [6.07, 6.45) is 8.60. The van der Waals surface area contributed by atoms with Gasteiger partial charge >= 0.3 is 0 Å². The minimum atomic E-state index is 0.274. The maximum atomic E-state index is 12.5. The van der Waals surface area contributed by atoms with Gasteiger partial charge in [0.15, 0.2) is 0 Å². The average Bonchev–Trinajstić information content (AvgIpc) is 3.28. The van der Waals surface area contributed by atoms with Gasteiger partial charge in [-0.3, -0.25) is 9.59 Å². The van der Waals surface area contributed by atoms with Crippen LogP contribution in [0.5, 0.6) is 0 Å². The van der Waals surface area contributed by atoms with Gasteiger partial charge in [-0.25, -0.2) is 0 Å². The largest absolute Gasteiger partial charge is 0.378 e. The molecule has 0 aromatic rings. The highest BCUT2D eigenvalue weighted by molar-refractivity contribution is 5.77. The first kappa shape index (κ1) is 16.4. The molecule has 0 aromatic heterocycles. The average molecular weight is 334 g/mol. The lowest BCUT2D eigenvalue weighted by molar-refractivity contribution is -0.135. The summed E-state index contributed by atoms with van der Waals surface area (Å²) in [6.45, 7) is 4.66. The predicted octanol–water partition coefficient (Wildman–Crippen LogP) is 2.05. The predicted molar refractivity (Wildman–Crippen MR) is 90.3 cm³/mol. The van der Waals surface area contributed by atoms with E-state index in [1.807, 2.05) is 4.90 Å². The fraction of sp³-hybridized carbons (Fsp3) is 0.895. The highest BCUT2D eigenvalue weighted by atomic mass is 16.5. The second kappa shape index (κ2) is 6.66. The van der Waals surface area contributed by atoms with Gasteiger partial charge in [-0.2, -0.15) is 0 Å². The fourth-order valence-corrected chi connectivity index (χ4v) is 4.78. The van der Waals surface area contributed by atoms with Gasteiger partial charge in [0, 0.05) is 39.0 Å². The lowest BCUT2D eigenvalue weighted by Gasteiger charge is -2.43. The smallest absolute Gasteiger partial charge is 0.222 e. The van der Waals surface area contributed by atoms with E-state index in [0.717, 1.165) is 39.0 Å². The Morgan fingerprint density at radius 3 is 2.42 bits per heavy atom. The van der Waals surface area contributed by atoms with E-state index in [9.17, 15) is 9.59 Å². The van der Waals surface area contributed by atoms with E-state index in [0.29, 0.717) is 42.8 Å². The molecular weight excluding hydrogens is 304 g/mol. The molecule has 1 atom stereocenters. The van der Waals surface area contributed by atoms with Gasteiger partial charge < -0.3 is 14.5 Å². The summed E-state index contributed by atoms with van der Waals surface area (Å²) in [5.41, 5.74) is 0.338. The second-order valence-electron chi connectivity index (χ2n) is 8.37. The van der Waals surface area contributed by atoms with Gasteiger partial charge in [0.1, 0.15) is 0 Å². The van der Waals surface area contributed by atoms with Gasteiger partial charge in [-0.15, -0.1) is 0 Å². The van der Waals surface area contributed by atoms with Crippen LogP contribution in [0.25, 0.3) is 0 Å². The third-order valence-electron chi connectivity index (χ3n) is 6.75. The van der Waals surface area contributed by atoms with Crippen molar-refractivity contribution in [2.45, 2.75) is 51.4 Å². The summed E-state index contributed by atoms with van der Waals surface area (Å²) >= 11 is 0. The molecule has 0 radical (unpaired) electrons. The zero-order chi connectivity index (χ0) is 16.6. The molecule has 4 rings (SSSR count). The summed E-state index contributed by atoms with van der Waals surface area (Å²) in [5, 5.41) is 0. The van der Waals surface area contributed by atoms with Crippen LogP contribution in [0.3, 0.4) is 0 Å². The third kappa shape index (κ3) is 3.32. The van der Waals surface area contributed by atoms with Crippen molar-refractivity contribution in [2.24, 2.45) is 17.3 Å². The second-order valence-corrected chi connectivity index (χ2v) is 8.37. The molecule has 4 aliphatic rings. The van der Waals surface area contributed by atoms with Crippen molar-refractivity contribution in [3.63, 3.8) is 0 Å². The van der Waals surface area contributed by atoms with Crippen LogP contribution in [0.1, 0.15) is 51.4 Å². The molecule has 134 valence electrons. The minimum Gasteiger partial charge on any atom is -0.378 e. The van der Waals surface area contributed by atoms with Crippen LogP contribution in [-0.4, -0.2) is 61.0 Å². The number of carbonyl (C=O) groups excluding carboxylic acids is 2. The Labute approximate surface area is 144 Å². The molecule has 5 heteroatoms. The molecule has 1 spiro atoms. The van der Waals surface area contributed by atoms with Crippen LogP contribution in [0.2, 0.25) is 0 Å². The van der Waals surface area contributed by atoms with Crippen molar-refractivity contribution in [1.82, 2.24) is 9.80 Å². The minimum absolute atomic E-state index is 0.274. The van der Waals surface area contributed by atoms with Crippen LogP contribution in [0.15, 0.2) is 0 Å². The number of hydrogen-bond acceptors (Lipinski definition) is 3. The summed E-state index contributed by atoms with van der Waals surface area (Å²) < 4.78 is 5.33. The maximum Gasteiger partial charge on any atom is 0.222 e. The highest BCUT2D eigenvalue weighted by Gasteiger charge is 2.51. The number of carbonyl (C=O) groups is 2. The van der Waals surface area contributed by atoms with Gasteiger partial charge in [0.25, 0.3) is 0 Å². The van der Waals surface area contributed by atoms with Crippen molar-refractivity contribution in [2.75, 3.05) is 39.4 Å². The van der Waals surface area contributed by atoms with Crippen LogP contribution in [0.4, 0.5) is 0 Å². The number of nitrogens with zero attached hydrogens (tertiary/aromatic N) is 2. The maximum absolute atomic E-state index is 12.5. The lowest BCUT2D eigenvalue weighted by Crippen LogP contribution is -2.42. The molecule has 0 N–H and O–H groups in total. The Hall–Kier alpha value is -1.10. The van der Waals surface area contributed by atoms with Crippen LogP contribution in [-0.2, 0) is 14.3 Å². The number of amides is 2. The number of ether oxygens (including phenoxy) is 1. The van der Waals surface area contributed by atoms with Crippen LogP contribution >= 0.6 is 0 Å². The first-order valence-electron chi connectivity index (χ1n) is 9.80. The molecule has 4 fully saturated rings. The van der Waals surface area contributed by atoms with Crippen LogP contribution in [0, 0.1) is 17.3 Å². The topological polar surface area (TPSA) is 49.9 Å². The molecule has 2 aliphatic heterocycles. The fourth-order valence-electron chi connectivity index (χ4n) is 4.78. The number of morpholine rings is 1. The molecule has 2 amide bonds. The molecule has 2 saturated heterocycles. The Kier molecular flexibility index (Phi) is 4.54. The summed E-state index contributed by atoms with van der Waals surface area (Å²) in [7, 11) is 0. The van der Waals surface area contributed by atoms with Crippen molar-refractivity contribution >= 4 is 11.8 Å². The molecule has 2 saturated carbocycles. The zero-order valence-corrected chi connectivity index (χ0v) is 14.7. The third-order valence-corrected chi connectivity index (χ3v) is 6.75. The SMILES string of the molecule is O=C(CCC1CN(C(=O)CC2CC2)CC12CCC2)N1CCOCC1. The van der Waals surface area contributed by atoms with E-state index in [2.05, 4.69) is 4.90 Å². The number of rotatable bonds is 5. The van der Waals surface area contributed by atoms with Gasteiger partial charge in [0.05, 0.1) is 13.2 Å². The molecule has 0 aromatic carbocycles. The van der Waals surface area contributed by atoms with Crippen LogP contribution < -0.4 is 0 Å². The zero-order valence-electron chi connectivity index (χ0n) is 14.7. The Morgan fingerprint density at radius 2 is 1.79 bits per heavy atom. The monoisotopic (exact) mass is 334 g/mol. The Morgan fingerprint density at radius 1 is 1.04 bits per heavy atom.